The van der Waals surface area contributed by atoms with Gasteiger partial charge >= 0.3 is 5.97 Å². The van der Waals surface area contributed by atoms with Crippen LogP contribution in [0.5, 0.6) is 5.75 Å². The summed E-state index contributed by atoms with van der Waals surface area (Å²) >= 11 is 0. The van der Waals surface area contributed by atoms with Gasteiger partial charge in [-0.05, 0) is 48.4 Å². The molecule has 0 aliphatic carbocycles. The first-order valence-corrected chi connectivity index (χ1v) is 13.0. The topological polar surface area (TPSA) is 160 Å². The van der Waals surface area contributed by atoms with Gasteiger partial charge in [0.15, 0.2) is 0 Å². The van der Waals surface area contributed by atoms with E-state index in [1.807, 2.05) is 36.4 Å². The summed E-state index contributed by atoms with van der Waals surface area (Å²) in [6.07, 6.45) is 1.45. The lowest BCUT2D eigenvalue weighted by Gasteiger charge is -2.25. The molecule has 5 atom stereocenters. The molecule has 0 aromatic heterocycles. The van der Waals surface area contributed by atoms with Gasteiger partial charge in [0.2, 0.25) is 0 Å². The number of aliphatic hydroxyl groups is 5. The maximum absolute atomic E-state index is 10.9. The Kier molecular flexibility index (Phi) is 16.0. The Morgan fingerprint density at radius 1 is 0.892 bits per heavy atom. The maximum atomic E-state index is 10.9. The summed E-state index contributed by atoms with van der Waals surface area (Å²) < 4.78 is 5.14. The standard InChI is InChI=1S/C14H31NO5.C14H14O3/c1-2-3-4-5-6-7-8-15-9-11(17)13(19)14(20)12(18)10-16;1-9(14(15)16)10-3-4-12-8-13(17-2)6-5-11(12)7-10/h11-20H,2-10H2,1H3;3-9H,1-2H3,(H,15,16)/t;9-/m.0/s1. The first-order chi connectivity index (χ1) is 17.7. The number of nitrogens with one attached hydrogen (secondary N) is 1. The number of carboxylic acid groups (broad SMARTS) is 1. The van der Waals surface area contributed by atoms with Crippen LogP contribution in [0, 0.1) is 0 Å². The van der Waals surface area contributed by atoms with Gasteiger partial charge in [-0.25, -0.2) is 0 Å². The van der Waals surface area contributed by atoms with E-state index in [9.17, 15) is 20.1 Å². The van der Waals surface area contributed by atoms with Gasteiger partial charge in [0.05, 0.1) is 25.7 Å². The molecular weight excluding hydrogens is 478 g/mol. The number of hydrogen-bond acceptors (Lipinski definition) is 8. The molecule has 0 aliphatic rings. The average molecular weight is 524 g/mol. The average Bonchev–Trinajstić information content (AvgIpc) is 2.92. The number of fused-ring (bicyclic) bond motifs is 1. The van der Waals surface area contributed by atoms with Gasteiger partial charge in [-0.2, -0.15) is 0 Å². The zero-order valence-corrected chi connectivity index (χ0v) is 22.2. The predicted molar refractivity (Wildman–Crippen MR) is 144 cm³/mol. The van der Waals surface area contributed by atoms with E-state index in [-0.39, 0.29) is 6.54 Å². The van der Waals surface area contributed by atoms with Crippen LogP contribution in [0.1, 0.15) is 63.9 Å². The second-order valence-electron chi connectivity index (χ2n) is 9.30. The zero-order valence-electron chi connectivity index (χ0n) is 22.2. The van der Waals surface area contributed by atoms with Crippen molar-refractivity contribution < 1.29 is 40.2 Å². The molecule has 0 radical (unpaired) electrons. The number of hydrogen-bond donors (Lipinski definition) is 7. The highest BCUT2D eigenvalue weighted by Gasteiger charge is 2.29. The molecule has 7 N–H and O–H groups in total. The van der Waals surface area contributed by atoms with E-state index < -0.39 is 42.9 Å². The molecule has 0 saturated heterocycles. The molecule has 210 valence electrons. The van der Waals surface area contributed by atoms with Crippen LogP contribution in [0.15, 0.2) is 36.4 Å². The van der Waals surface area contributed by atoms with Gasteiger partial charge in [0, 0.05) is 6.54 Å². The fourth-order valence-corrected chi connectivity index (χ4v) is 3.75. The van der Waals surface area contributed by atoms with Crippen LogP contribution in [0.4, 0.5) is 0 Å². The van der Waals surface area contributed by atoms with Crippen LogP contribution >= 0.6 is 0 Å². The highest BCUT2D eigenvalue weighted by atomic mass is 16.5. The lowest BCUT2D eigenvalue weighted by atomic mass is 9.98. The van der Waals surface area contributed by atoms with Crippen molar-refractivity contribution in [3.8, 4) is 5.75 Å². The second-order valence-corrected chi connectivity index (χ2v) is 9.30. The summed E-state index contributed by atoms with van der Waals surface area (Å²) in [6.45, 7) is 4.10. The van der Waals surface area contributed by atoms with Crippen LogP contribution in [-0.4, -0.2) is 87.8 Å². The molecule has 0 fully saturated rings. The SMILES string of the molecule is CCCCCCCCNCC(O)C(O)C(O)C(O)CO.COc1ccc2cc([C@H](C)C(=O)O)ccc2c1. The fraction of sp³-hybridized carbons (Fsp3) is 0.607. The summed E-state index contributed by atoms with van der Waals surface area (Å²) in [5, 5.41) is 60.5. The zero-order chi connectivity index (χ0) is 27.8. The predicted octanol–water partition coefficient (Wildman–Crippen LogP) is 2.41. The third-order valence-electron chi connectivity index (χ3n) is 6.33. The molecule has 0 aliphatic heterocycles. The van der Waals surface area contributed by atoms with Crippen LogP contribution in [0.25, 0.3) is 10.8 Å². The van der Waals surface area contributed by atoms with Crippen molar-refractivity contribution >= 4 is 16.7 Å². The molecule has 2 aromatic rings. The maximum Gasteiger partial charge on any atom is 0.310 e. The van der Waals surface area contributed by atoms with E-state index in [0.29, 0.717) is 0 Å². The Morgan fingerprint density at radius 3 is 2.11 bits per heavy atom. The van der Waals surface area contributed by atoms with Crippen molar-refractivity contribution in [2.75, 3.05) is 26.8 Å². The van der Waals surface area contributed by atoms with E-state index in [0.717, 1.165) is 41.5 Å². The molecule has 2 rings (SSSR count). The second kappa shape index (κ2) is 18.1. The van der Waals surface area contributed by atoms with Crippen LogP contribution < -0.4 is 10.1 Å². The Balaban J connectivity index is 0.000000373. The van der Waals surface area contributed by atoms with Gasteiger partial charge < -0.3 is 40.7 Å². The first kappa shape index (κ1) is 32.8. The molecule has 9 nitrogen and oxygen atoms in total. The minimum absolute atomic E-state index is 0.144. The number of unbranched alkanes of at least 4 members (excludes halogenated alkanes) is 5. The highest BCUT2D eigenvalue weighted by molar-refractivity contribution is 5.86. The van der Waals surface area contributed by atoms with Gasteiger partial charge in [-0.15, -0.1) is 0 Å². The number of rotatable bonds is 16. The Bertz CT molecular complexity index is 909. The van der Waals surface area contributed by atoms with Crippen LogP contribution in [0.2, 0.25) is 0 Å². The monoisotopic (exact) mass is 523 g/mol. The van der Waals surface area contributed by atoms with Crippen molar-refractivity contribution in [1.29, 1.82) is 0 Å². The van der Waals surface area contributed by atoms with Crippen molar-refractivity contribution in [3.05, 3.63) is 42.0 Å². The van der Waals surface area contributed by atoms with Crippen LogP contribution in [-0.2, 0) is 4.79 Å². The summed E-state index contributed by atoms with van der Waals surface area (Å²) in [4.78, 5) is 10.9. The number of carboxylic acids is 1. The smallest absolute Gasteiger partial charge is 0.310 e. The van der Waals surface area contributed by atoms with E-state index in [2.05, 4.69) is 12.2 Å². The normalized spacial score (nSPS) is 15.2. The van der Waals surface area contributed by atoms with Gasteiger partial charge in [-0.1, -0.05) is 63.3 Å². The minimum Gasteiger partial charge on any atom is -0.497 e. The molecule has 37 heavy (non-hydrogen) atoms. The number of carbonyl (C=O) groups is 1. The molecule has 0 saturated carbocycles. The summed E-state index contributed by atoms with van der Waals surface area (Å²) in [5.74, 6) is -0.490. The Labute approximate surface area is 219 Å². The Morgan fingerprint density at radius 2 is 1.49 bits per heavy atom. The first-order valence-electron chi connectivity index (χ1n) is 13.0. The molecule has 0 bridgehead atoms. The largest absolute Gasteiger partial charge is 0.497 e. The Hall–Kier alpha value is -2.27. The molecule has 0 amide bonds. The number of benzene rings is 2. The lowest BCUT2D eigenvalue weighted by molar-refractivity contribution is -0.138. The molecular formula is C28H45NO8. The molecule has 0 heterocycles. The van der Waals surface area contributed by atoms with E-state index in [1.165, 1.54) is 25.7 Å². The summed E-state index contributed by atoms with van der Waals surface area (Å²) in [6, 6.07) is 11.4. The summed E-state index contributed by atoms with van der Waals surface area (Å²) in [7, 11) is 1.63. The van der Waals surface area contributed by atoms with Gasteiger partial charge in [0.1, 0.15) is 24.1 Å². The molecule has 9 heteroatoms. The number of ether oxygens (including phenoxy) is 1. The molecule has 4 unspecified atom stereocenters. The van der Waals surface area contributed by atoms with Crippen molar-refractivity contribution in [2.45, 2.75) is 82.7 Å². The third-order valence-corrected chi connectivity index (χ3v) is 6.33. The van der Waals surface area contributed by atoms with Crippen molar-refractivity contribution in [1.82, 2.24) is 5.32 Å². The number of aliphatic hydroxyl groups excluding tert-OH is 5. The molecule has 2 aromatic carbocycles. The van der Waals surface area contributed by atoms with Gasteiger partial charge in [-0.3, -0.25) is 4.79 Å². The quantitative estimate of drug-likeness (QED) is 0.164. The van der Waals surface area contributed by atoms with Crippen LogP contribution in [0.3, 0.4) is 0 Å². The minimum atomic E-state index is -1.55. The number of methoxy groups -OCH3 is 1. The summed E-state index contributed by atoms with van der Waals surface area (Å²) in [5.41, 5.74) is 0.815. The van der Waals surface area contributed by atoms with Gasteiger partial charge in [0.25, 0.3) is 0 Å². The van der Waals surface area contributed by atoms with E-state index >= 15 is 0 Å². The van der Waals surface area contributed by atoms with E-state index in [1.54, 1.807) is 14.0 Å². The van der Waals surface area contributed by atoms with E-state index in [4.69, 9.17) is 20.1 Å². The van der Waals surface area contributed by atoms with Crippen molar-refractivity contribution in [3.63, 3.8) is 0 Å². The highest BCUT2D eigenvalue weighted by Crippen LogP contribution is 2.25. The number of aliphatic carboxylic acids is 1. The third kappa shape index (κ3) is 11.8. The fourth-order valence-electron chi connectivity index (χ4n) is 3.75. The lowest BCUT2D eigenvalue weighted by Crippen LogP contribution is -2.49. The molecule has 0 spiro atoms. The van der Waals surface area contributed by atoms with Crippen molar-refractivity contribution in [2.24, 2.45) is 0 Å².